The average molecular weight is 968 g/mol. The molecule has 0 bridgehead atoms. The predicted molar refractivity (Wildman–Crippen MR) is 298 cm³/mol. The lowest BCUT2D eigenvalue weighted by molar-refractivity contribution is -0.167. The maximum absolute atomic E-state index is 12.9. The van der Waals surface area contributed by atoms with Crippen LogP contribution in [0.25, 0.3) is 0 Å². The lowest BCUT2D eigenvalue weighted by atomic mass is 10.1. The van der Waals surface area contributed by atoms with E-state index in [1.807, 2.05) is 0 Å². The molecule has 402 valence electrons. The van der Waals surface area contributed by atoms with Crippen molar-refractivity contribution in [3.05, 3.63) is 48.6 Å². The number of ether oxygens (including phenoxy) is 3. The second kappa shape index (κ2) is 57.9. The van der Waals surface area contributed by atoms with E-state index >= 15 is 0 Å². The van der Waals surface area contributed by atoms with Crippen LogP contribution in [0.4, 0.5) is 0 Å². The summed E-state index contributed by atoms with van der Waals surface area (Å²) in [6.45, 7) is 6.63. The summed E-state index contributed by atoms with van der Waals surface area (Å²) in [7, 11) is 0. The van der Waals surface area contributed by atoms with Crippen molar-refractivity contribution in [2.75, 3.05) is 13.2 Å². The Bertz CT molecular complexity index is 1200. The highest BCUT2D eigenvalue weighted by molar-refractivity contribution is 5.71. The normalized spacial score (nSPS) is 12.3. The molecule has 0 fully saturated rings. The van der Waals surface area contributed by atoms with Gasteiger partial charge in [0.15, 0.2) is 6.10 Å². The minimum atomic E-state index is -0.784. The lowest BCUT2D eigenvalue weighted by Gasteiger charge is -2.18. The van der Waals surface area contributed by atoms with Crippen molar-refractivity contribution in [1.29, 1.82) is 0 Å². The third-order valence-corrected chi connectivity index (χ3v) is 13.3. The van der Waals surface area contributed by atoms with Crippen LogP contribution in [-0.2, 0) is 28.6 Å². The van der Waals surface area contributed by atoms with Crippen LogP contribution in [0.2, 0.25) is 0 Å². The number of carbonyl (C=O) groups is 3. The van der Waals surface area contributed by atoms with Gasteiger partial charge in [0.25, 0.3) is 0 Å². The summed E-state index contributed by atoms with van der Waals surface area (Å²) in [6, 6.07) is 0. The van der Waals surface area contributed by atoms with Crippen molar-refractivity contribution in [3.8, 4) is 0 Å². The van der Waals surface area contributed by atoms with Gasteiger partial charge in [0.1, 0.15) is 13.2 Å². The third kappa shape index (κ3) is 56.2. The number of hydrogen-bond donors (Lipinski definition) is 0. The van der Waals surface area contributed by atoms with E-state index in [-0.39, 0.29) is 31.1 Å². The summed E-state index contributed by atoms with van der Waals surface area (Å²) in [5.41, 5.74) is 0. The molecule has 0 aromatic heterocycles. The Morgan fingerprint density at radius 3 is 0.826 bits per heavy atom. The maximum atomic E-state index is 12.9. The molecule has 0 aliphatic carbocycles. The van der Waals surface area contributed by atoms with E-state index in [0.29, 0.717) is 19.3 Å². The predicted octanol–water partition coefficient (Wildman–Crippen LogP) is 20.2. The van der Waals surface area contributed by atoms with Crippen molar-refractivity contribution in [3.63, 3.8) is 0 Å². The Balaban J connectivity index is 4.35. The number of unbranched alkanes of at least 4 members (excludes halogenated alkanes) is 36. The first-order valence-electron chi connectivity index (χ1n) is 30.1. The molecule has 0 aromatic carbocycles. The molecule has 0 heterocycles. The molecule has 0 radical (unpaired) electrons. The summed E-state index contributed by atoms with van der Waals surface area (Å²) in [6.07, 6.45) is 71.0. The smallest absolute Gasteiger partial charge is 0.306 e. The number of hydrogen-bond acceptors (Lipinski definition) is 6. The summed E-state index contributed by atoms with van der Waals surface area (Å²) >= 11 is 0. The van der Waals surface area contributed by atoms with Crippen LogP contribution in [-0.4, -0.2) is 37.2 Å². The third-order valence-electron chi connectivity index (χ3n) is 13.3. The molecule has 0 aliphatic heterocycles. The molecular weight excluding hydrogens is 853 g/mol. The quantitative estimate of drug-likeness (QED) is 0.0262. The van der Waals surface area contributed by atoms with Gasteiger partial charge in [-0.3, -0.25) is 14.4 Å². The standard InChI is InChI=1S/C63H114O6/c1-4-7-10-13-16-19-22-25-28-30-31-32-33-34-36-38-41-44-47-50-53-56-62(65)68-59-60(58-67-61(64)55-52-49-46-43-40-37-27-24-21-18-15-12-9-6-3)69-63(66)57-54-51-48-45-42-39-35-29-26-23-20-17-14-11-8-5-2/h20,23-24,27,29-31,35,60H,4-19,21-22,25-26,28,32-34,36-59H2,1-3H3/b23-20-,27-24-,31-30-,35-29-. The van der Waals surface area contributed by atoms with E-state index in [1.54, 1.807) is 0 Å². The average Bonchev–Trinajstić information content (AvgIpc) is 3.35. The van der Waals surface area contributed by atoms with Crippen molar-refractivity contribution in [2.45, 2.75) is 322 Å². The van der Waals surface area contributed by atoms with E-state index in [4.69, 9.17) is 14.2 Å². The first kappa shape index (κ1) is 66.4. The zero-order valence-corrected chi connectivity index (χ0v) is 46.1. The van der Waals surface area contributed by atoms with Gasteiger partial charge in [0.05, 0.1) is 0 Å². The minimum absolute atomic E-state index is 0.0809. The Labute approximate surface area is 428 Å². The molecule has 0 rings (SSSR count). The fourth-order valence-electron chi connectivity index (χ4n) is 8.70. The van der Waals surface area contributed by atoms with Crippen molar-refractivity contribution in [1.82, 2.24) is 0 Å². The Morgan fingerprint density at radius 1 is 0.290 bits per heavy atom. The zero-order valence-electron chi connectivity index (χ0n) is 46.1. The number of esters is 3. The summed E-state index contributed by atoms with van der Waals surface area (Å²) in [5.74, 6) is -0.891. The van der Waals surface area contributed by atoms with E-state index in [9.17, 15) is 14.4 Å². The molecule has 0 N–H and O–H groups in total. The molecule has 0 spiro atoms. The van der Waals surface area contributed by atoms with Gasteiger partial charge in [-0.05, 0) is 103 Å². The first-order valence-corrected chi connectivity index (χ1v) is 30.1. The van der Waals surface area contributed by atoms with Gasteiger partial charge in [-0.1, -0.05) is 243 Å². The van der Waals surface area contributed by atoms with Gasteiger partial charge in [-0.2, -0.15) is 0 Å². The second-order valence-electron chi connectivity index (χ2n) is 20.2. The van der Waals surface area contributed by atoms with Crippen LogP contribution in [0.3, 0.4) is 0 Å². The molecule has 6 nitrogen and oxygen atoms in total. The molecule has 6 heteroatoms. The topological polar surface area (TPSA) is 78.9 Å². The van der Waals surface area contributed by atoms with E-state index in [2.05, 4.69) is 69.4 Å². The van der Waals surface area contributed by atoms with Crippen molar-refractivity contribution in [2.24, 2.45) is 0 Å². The summed E-state index contributed by atoms with van der Waals surface area (Å²) in [5, 5.41) is 0. The fraction of sp³-hybridized carbons (Fsp3) is 0.825. The Kier molecular flexibility index (Phi) is 55.7. The highest BCUT2D eigenvalue weighted by atomic mass is 16.6. The van der Waals surface area contributed by atoms with Crippen molar-refractivity contribution < 1.29 is 28.6 Å². The molecule has 1 unspecified atom stereocenters. The zero-order chi connectivity index (χ0) is 50.0. The molecule has 0 saturated carbocycles. The van der Waals surface area contributed by atoms with Gasteiger partial charge in [0.2, 0.25) is 0 Å². The molecule has 1 atom stereocenters. The monoisotopic (exact) mass is 967 g/mol. The van der Waals surface area contributed by atoms with E-state index in [0.717, 1.165) is 89.9 Å². The second-order valence-corrected chi connectivity index (χ2v) is 20.2. The molecule has 69 heavy (non-hydrogen) atoms. The lowest BCUT2D eigenvalue weighted by Crippen LogP contribution is -2.30. The van der Waals surface area contributed by atoms with Gasteiger partial charge in [-0.15, -0.1) is 0 Å². The van der Waals surface area contributed by atoms with Gasteiger partial charge < -0.3 is 14.2 Å². The van der Waals surface area contributed by atoms with Gasteiger partial charge in [0, 0.05) is 19.3 Å². The fourth-order valence-corrected chi connectivity index (χ4v) is 8.70. The molecule has 0 amide bonds. The van der Waals surface area contributed by atoms with Gasteiger partial charge in [-0.25, -0.2) is 0 Å². The molecule has 0 aromatic rings. The van der Waals surface area contributed by atoms with Crippen LogP contribution in [0, 0.1) is 0 Å². The summed E-state index contributed by atoms with van der Waals surface area (Å²) < 4.78 is 16.9. The highest BCUT2D eigenvalue weighted by Crippen LogP contribution is 2.16. The Morgan fingerprint density at radius 2 is 0.522 bits per heavy atom. The first-order chi connectivity index (χ1) is 34.0. The molecule has 0 saturated heterocycles. The molecular formula is C63H114O6. The maximum Gasteiger partial charge on any atom is 0.306 e. The minimum Gasteiger partial charge on any atom is -0.462 e. The van der Waals surface area contributed by atoms with Crippen LogP contribution >= 0.6 is 0 Å². The van der Waals surface area contributed by atoms with Gasteiger partial charge >= 0.3 is 17.9 Å². The van der Waals surface area contributed by atoms with Crippen LogP contribution < -0.4 is 0 Å². The van der Waals surface area contributed by atoms with Crippen LogP contribution in [0.1, 0.15) is 316 Å². The number of allylic oxidation sites excluding steroid dienone is 8. The van der Waals surface area contributed by atoms with Crippen LogP contribution in [0.5, 0.6) is 0 Å². The van der Waals surface area contributed by atoms with E-state index < -0.39 is 6.10 Å². The van der Waals surface area contributed by atoms with Crippen molar-refractivity contribution >= 4 is 17.9 Å². The molecule has 0 aliphatic rings. The summed E-state index contributed by atoms with van der Waals surface area (Å²) in [4.78, 5) is 38.2. The number of rotatable bonds is 55. The number of carbonyl (C=O) groups excluding carboxylic acids is 3. The largest absolute Gasteiger partial charge is 0.462 e. The Hall–Kier alpha value is -2.63. The van der Waals surface area contributed by atoms with E-state index in [1.165, 1.54) is 186 Å². The van der Waals surface area contributed by atoms with Crippen LogP contribution in [0.15, 0.2) is 48.6 Å². The SMILES string of the molecule is CCCCCC/C=C\C/C=C\CCCCCCCC(=O)OC(COC(=O)CCCCCCC/C=C\CCCCCCC)COC(=O)CCCCCCCCCCC/C=C\CCCCCCCCCC. The highest BCUT2D eigenvalue weighted by Gasteiger charge is 2.19.